The van der Waals surface area contributed by atoms with Crippen LogP contribution in [-0.2, 0) is 11.3 Å². The highest BCUT2D eigenvalue weighted by molar-refractivity contribution is 9.11. The second-order valence-corrected chi connectivity index (χ2v) is 7.28. The molecule has 3 nitrogen and oxygen atoms in total. The number of hydrogen-bond donors (Lipinski definition) is 2. The molecular weight excluding hydrogens is 300 g/mol. The second-order valence-electron chi connectivity index (χ2n) is 4.73. The Morgan fingerprint density at radius 1 is 1.65 bits per heavy atom. The third kappa shape index (κ3) is 3.30. The van der Waals surface area contributed by atoms with Gasteiger partial charge in [-0.3, -0.25) is 4.79 Å². The number of nitrogens with one attached hydrogen (secondary N) is 2. The van der Waals surface area contributed by atoms with Gasteiger partial charge < -0.3 is 10.6 Å². The molecule has 0 saturated carbocycles. The lowest BCUT2D eigenvalue weighted by Crippen LogP contribution is -2.48. The van der Waals surface area contributed by atoms with Crippen LogP contribution in [0.3, 0.4) is 0 Å². The molecule has 1 aromatic rings. The van der Waals surface area contributed by atoms with Crippen molar-refractivity contribution in [2.75, 3.05) is 13.1 Å². The summed E-state index contributed by atoms with van der Waals surface area (Å²) in [4.78, 5) is 13.3. The van der Waals surface area contributed by atoms with E-state index in [1.165, 1.54) is 4.88 Å². The predicted molar refractivity (Wildman–Crippen MR) is 74.1 cm³/mol. The number of amides is 1. The molecule has 0 aromatic carbocycles. The van der Waals surface area contributed by atoms with Crippen LogP contribution in [0.1, 0.15) is 24.6 Å². The molecule has 1 saturated heterocycles. The number of hydrogen-bond acceptors (Lipinski definition) is 3. The molecular formula is C12H17BrN2OS. The van der Waals surface area contributed by atoms with Crippen molar-refractivity contribution in [3.63, 3.8) is 0 Å². The maximum absolute atomic E-state index is 12.1. The fourth-order valence-corrected chi connectivity index (χ4v) is 3.50. The van der Waals surface area contributed by atoms with Gasteiger partial charge in [0.25, 0.3) is 0 Å². The molecule has 5 heteroatoms. The van der Waals surface area contributed by atoms with Crippen LogP contribution in [0.25, 0.3) is 0 Å². The van der Waals surface area contributed by atoms with E-state index in [0.717, 1.165) is 29.7 Å². The second kappa shape index (κ2) is 5.50. The first-order valence-corrected chi connectivity index (χ1v) is 7.44. The van der Waals surface area contributed by atoms with E-state index in [1.807, 2.05) is 19.1 Å². The number of thiophene rings is 1. The molecule has 0 spiro atoms. The van der Waals surface area contributed by atoms with Crippen LogP contribution >= 0.6 is 27.3 Å². The van der Waals surface area contributed by atoms with E-state index in [4.69, 9.17) is 0 Å². The largest absolute Gasteiger partial charge is 0.351 e. The molecule has 1 atom stereocenters. The third-order valence-corrected chi connectivity index (χ3v) is 4.82. The monoisotopic (exact) mass is 316 g/mol. The average molecular weight is 317 g/mol. The van der Waals surface area contributed by atoms with E-state index >= 15 is 0 Å². The zero-order valence-electron chi connectivity index (χ0n) is 9.88. The van der Waals surface area contributed by atoms with Gasteiger partial charge in [-0.05, 0) is 54.4 Å². The summed E-state index contributed by atoms with van der Waals surface area (Å²) >= 11 is 5.08. The fourth-order valence-electron chi connectivity index (χ4n) is 2.08. The molecule has 1 aliphatic rings. The Kier molecular flexibility index (Phi) is 4.22. The molecule has 0 radical (unpaired) electrons. The van der Waals surface area contributed by atoms with Gasteiger partial charge in [0.05, 0.1) is 15.7 Å². The Balaban J connectivity index is 1.88. The van der Waals surface area contributed by atoms with Crippen LogP contribution in [0.4, 0.5) is 0 Å². The highest BCUT2D eigenvalue weighted by Crippen LogP contribution is 2.26. The van der Waals surface area contributed by atoms with Gasteiger partial charge >= 0.3 is 0 Å². The Bertz CT molecular complexity index is 399. The SMILES string of the molecule is CC1(C(=O)NCc2ccc(Br)s2)CCCNC1. The van der Waals surface area contributed by atoms with Crippen LogP contribution in [0.2, 0.25) is 0 Å². The molecule has 1 amide bonds. The van der Waals surface area contributed by atoms with Crippen LogP contribution in [0.5, 0.6) is 0 Å². The zero-order valence-corrected chi connectivity index (χ0v) is 12.3. The predicted octanol–water partition coefficient (Wildman–Crippen LogP) is 2.52. The van der Waals surface area contributed by atoms with E-state index in [2.05, 4.69) is 26.6 Å². The molecule has 1 aliphatic heterocycles. The van der Waals surface area contributed by atoms with Crippen molar-refractivity contribution in [3.8, 4) is 0 Å². The minimum absolute atomic E-state index is 0.161. The van der Waals surface area contributed by atoms with Crippen molar-refractivity contribution >= 4 is 33.2 Å². The number of rotatable bonds is 3. The van der Waals surface area contributed by atoms with Crippen LogP contribution in [-0.4, -0.2) is 19.0 Å². The Hall–Kier alpha value is -0.390. The first kappa shape index (κ1) is 13.1. The zero-order chi connectivity index (χ0) is 12.3. The van der Waals surface area contributed by atoms with E-state index in [-0.39, 0.29) is 11.3 Å². The van der Waals surface area contributed by atoms with E-state index in [0.29, 0.717) is 6.54 Å². The van der Waals surface area contributed by atoms with Crippen molar-refractivity contribution in [1.82, 2.24) is 10.6 Å². The first-order valence-electron chi connectivity index (χ1n) is 5.83. The quantitative estimate of drug-likeness (QED) is 0.899. The van der Waals surface area contributed by atoms with Crippen LogP contribution < -0.4 is 10.6 Å². The van der Waals surface area contributed by atoms with Gasteiger partial charge in [-0.1, -0.05) is 0 Å². The van der Waals surface area contributed by atoms with E-state index < -0.39 is 0 Å². The summed E-state index contributed by atoms with van der Waals surface area (Å²) in [6.45, 7) is 4.48. The molecule has 94 valence electrons. The smallest absolute Gasteiger partial charge is 0.227 e. The summed E-state index contributed by atoms with van der Waals surface area (Å²) in [5.41, 5.74) is -0.243. The number of piperidine rings is 1. The Morgan fingerprint density at radius 2 is 2.47 bits per heavy atom. The first-order chi connectivity index (χ1) is 8.10. The summed E-state index contributed by atoms with van der Waals surface area (Å²) < 4.78 is 1.10. The topological polar surface area (TPSA) is 41.1 Å². The summed E-state index contributed by atoms with van der Waals surface area (Å²) in [7, 11) is 0. The maximum atomic E-state index is 12.1. The minimum atomic E-state index is -0.243. The average Bonchev–Trinajstić information content (AvgIpc) is 2.73. The number of halogens is 1. The highest BCUT2D eigenvalue weighted by atomic mass is 79.9. The van der Waals surface area contributed by atoms with Gasteiger partial charge in [0.2, 0.25) is 5.91 Å². The number of carbonyl (C=O) groups is 1. The van der Waals surface area contributed by atoms with E-state index in [1.54, 1.807) is 11.3 Å². The molecule has 17 heavy (non-hydrogen) atoms. The lowest BCUT2D eigenvalue weighted by atomic mass is 9.82. The van der Waals surface area contributed by atoms with Crippen molar-refractivity contribution in [2.24, 2.45) is 5.41 Å². The van der Waals surface area contributed by atoms with E-state index in [9.17, 15) is 4.79 Å². The summed E-state index contributed by atoms with van der Waals surface area (Å²) in [6.07, 6.45) is 2.05. The summed E-state index contributed by atoms with van der Waals surface area (Å²) in [6, 6.07) is 4.05. The molecule has 1 aromatic heterocycles. The van der Waals surface area contributed by atoms with Gasteiger partial charge in [-0.15, -0.1) is 11.3 Å². The number of carbonyl (C=O) groups excluding carboxylic acids is 1. The molecule has 1 fully saturated rings. The maximum Gasteiger partial charge on any atom is 0.227 e. The van der Waals surface area contributed by atoms with Crippen LogP contribution in [0, 0.1) is 5.41 Å². The normalized spacial score (nSPS) is 24.6. The van der Waals surface area contributed by atoms with Gasteiger partial charge in [-0.25, -0.2) is 0 Å². The van der Waals surface area contributed by atoms with Crippen molar-refractivity contribution in [2.45, 2.75) is 26.3 Å². The summed E-state index contributed by atoms with van der Waals surface area (Å²) in [5, 5.41) is 6.33. The third-order valence-electron chi connectivity index (χ3n) is 3.20. The summed E-state index contributed by atoms with van der Waals surface area (Å²) in [5.74, 6) is 0.161. The standard InChI is InChI=1S/C12H17BrN2OS/c1-12(5-2-6-14-8-12)11(16)15-7-9-3-4-10(13)17-9/h3-4,14H,2,5-8H2,1H3,(H,15,16). The Morgan fingerprint density at radius 3 is 3.06 bits per heavy atom. The fraction of sp³-hybridized carbons (Fsp3) is 0.583. The molecule has 0 aliphatic carbocycles. The molecule has 1 unspecified atom stereocenters. The van der Waals surface area contributed by atoms with Crippen molar-refractivity contribution in [3.05, 3.63) is 20.8 Å². The molecule has 0 bridgehead atoms. The van der Waals surface area contributed by atoms with Gasteiger partial charge in [0, 0.05) is 11.4 Å². The van der Waals surface area contributed by atoms with Crippen molar-refractivity contribution < 1.29 is 4.79 Å². The lowest BCUT2D eigenvalue weighted by Gasteiger charge is -2.32. The van der Waals surface area contributed by atoms with Gasteiger partial charge in [-0.2, -0.15) is 0 Å². The molecule has 2 heterocycles. The van der Waals surface area contributed by atoms with Gasteiger partial charge in [0.1, 0.15) is 0 Å². The van der Waals surface area contributed by atoms with Gasteiger partial charge in [0.15, 0.2) is 0 Å². The van der Waals surface area contributed by atoms with Crippen LogP contribution in [0.15, 0.2) is 15.9 Å². The van der Waals surface area contributed by atoms with Crippen molar-refractivity contribution in [1.29, 1.82) is 0 Å². The molecule has 2 N–H and O–H groups in total. The highest BCUT2D eigenvalue weighted by Gasteiger charge is 2.34. The molecule has 2 rings (SSSR count). The minimum Gasteiger partial charge on any atom is -0.351 e. The Labute approximate surface area is 114 Å². The lowest BCUT2D eigenvalue weighted by molar-refractivity contribution is -0.131.